The fraction of sp³-hybridized carbons (Fsp3) is 0.0612. The van der Waals surface area contributed by atoms with Crippen LogP contribution in [-0.4, -0.2) is 81.7 Å². The standard InChI is InChI=1S/C39H26N4.C27H18BrN3.C12H9NO.C8H7BrO.C7H7ClN2.C2H6O.CH3O.2CH4.2Na.H2O/c1-2-10-30(11-3-1)39-41-35(28-19-17-27(18-20-28)34-14-8-9-25-40-34)26-36(42-39)29-21-23-31(24-22-29)43-37-15-6-4-12-32(37)33-13-5-7-16-38(33)43;28-23-15-13-21(14-16-23)26-18-25(30-27(31-26)22-6-2-1-3-7-22)20-11-9-19(10-12-20)24-8-4-5-17-29-24;14-9-10-4-6-11(7-5-10)12-3-1-2-8-13-12;1-6(10)7-2-4-8(9)5-3-7;8-10-7(9)6-4-2-1-3-5-6;1-2-3;1-2;;;;;/h1-26H;1-18H;1-9H;2-5H,1H3;1-5H,(H2,9,10);3H,2H2,1H3;1H3;2*1H4;;;1H2/q;;;;;;-1;;;2*+1;/p-1. The van der Waals surface area contributed by atoms with E-state index in [-0.39, 0.29) is 91.8 Å². The molecule has 11 aromatic carbocycles. The summed E-state index contributed by atoms with van der Waals surface area (Å²) in [5.41, 5.74) is 26.9. The Labute approximate surface area is 755 Å². The molecule has 6 aromatic heterocycles. The van der Waals surface area contributed by atoms with E-state index in [4.69, 9.17) is 47.7 Å². The average Bonchev–Trinajstić information content (AvgIpc) is 1.59. The van der Waals surface area contributed by atoms with Crippen LogP contribution in [0.15, 0.2) is 384 Å². The van der Waals surface area contributed by atoms with E-state index >= 15 is 0 Å². The van der Waals surface area contributed by atoms with Crippen molar-refractivity contribution >= 4 is 83.3 Å². The predicted octanol–water partition coefficient (Wildman–Crippen LogP) is 17.8. The first-order valence-electron chi connectivity index (χ1n) is 36.0. The fourth-order valence-electron chi connectivity index (χ4n) is 11.8. The fourth-order valence-corrected chi connectivity index (χ4v) is 12.4. The SMILES string of the molecule is Brc1ccc(-c2cc(-c3ccc(-c4ccccn4)cc3)nc(-c3ccccc3)n2)cc1.C.C.CC(=O)c1ccc(Br)cc1.CCO.C[O-].NC(=NCl)c1ccccc1.O=Cc1ccc(-c2ccccn2)cc1.[Na+].[Na+].[OH-].c1ccc(-c2nc(-c3ccc(-c4ccccn4)cc3)cc(-c3ccc(-n4c5ccccc5c5ccccc54)cc3)n2)cc1. The molecule has 17 aromatic rings. The zero-order valence-corrected chi connectivity index (χ0v) is 72.3. The van der Waals surface area contributed by atoms with Gasteiger partial charge in [-0.05, 0) is 111 Å². The van der Waals surface area contributed by atoms with Crippen molar-refractivity contribution in [3.8, 4) is 107 Å². The number of halogens is 3. The number of aliphatic hydroxyl groups is 1. The van der Waals surface area contributed by atoms with Crippen LogP contribution in [-0.2, 0) is 0 Å². The van der Waals surface area contributed by atoms with Crippen molar-refractivity contribution in [3.05, 3.63) is 396 Å². The van der Waals surface area contributed by atoms with Gasteiger partial charge in [0.1, 0.15) is 12.1 Å². The third-order valence-corrected chi connectivity index (χ3v) is 18.6. The van der Waals surface area contributed by atoms with Crippen LogP contribution in [0.4, 0.5) is 0 Å². The minimum absolute atomic E-state index is 0. The number of fused-ring (bicyclic) bond motifs is 3. The van der Waals surface area contributed by atoms with Gasteiger partial charge in [-0.15, -0.1) is 0 Å². The van der Waals surface area contributed by atoms with Crippen LogP contribution in [0.5, 0.6) is 0 Å². The normalized spacial score (nSPS) is 10.1. The van der Waals surface area contributed by atoms with Gasteiger partial charge in [0, 0.05) is 129 Å². The Morgan fingerprint density at radius 2 is 0.695 bits per heavy atom. The molecule has 17 rings (SSSR count). The number of Topliss-reactive ketones (excluding diaryl/α,β-unsaturated/α-hetero) is 1. The summed E-state index contributed by atoms with van der Waals surface area (Å²) in [6.45, 7) is 3.49. The molecule has 0 radical (unpaired) electrons. The van der Waals surface area contributed by atoms with Crippen molar-refractivity contribution in [1.82, 2.24) is 39.5 Å². The Morgan fingerprint density at radius 3 is 1.02 bits per heavy atom. The topological polar surface area (TPSA) is 241 Å². The van der Waals surface area contributed by atoms with Gasteiger partial charge in [0.15, 0.2) is 17.4 Å². The van der Waals surface area contributed by atoms with Crippen LogP contribution in [0, 0.1) is 0 Å². The van der Waals surface area contributed by atoms with Crippen molar-refractivity contribution in [1.29, 1.82) is 0 Å². The van der Waals surface area contributed by atoms with E-state index in [0.717, 1.165) is 129 Å². The van der Waals surface area contributed by atoms with Gasteiger partial charge in [0.05, 0.1) is 50.9 Å². The van der Waals surface area contributed by atoms with E-state index < -0.39 is 0 Å². The van der Waals surface area contributed by atoms with Gasteiger partial charge >= 0.3 is 59.1 Å². The molecule has 118 heavy (non-hydrogen) atoms. The first-order valence-corrected chi connectivity index (χ1v) is 37.9. The summed E-state index contributed by atoms with van der Waals surface area (Å²) in [7, 11) is 0.750. The molecular weight excluding hydrogens is 1640 g/mol. The number of carbonyl (C=O) groups is 2. The second-order valence-electron chi connectivity index (χ2n) is 24.8. The largest absolute Gasteiger partial charge is 1.00 e. The number of para-hydroxylation sites is 2. The van der Waals surface area contributed by atoms with Gasteiger partial charge in [-0.2, -0.15) is 11.6 Å². The molecule has 15 nitrogen and oxygen atoms in total. The molecule has 0 spiro atoms. The second kappa shape index (κ2) is 49.7. The zero-order valence-electron chi connectivity index (χ0n) is 64.4. The summed E-state index contributed by atoms with van der Waals surface area (Å²) in [4.78, 5) is 54.1. The maximum atomic E-state index is 10.7. The van der Waals surface area contributed by atoms with E-state index in [1.54, 1.807) is 44.3 Å². The summed E-state index contributed by atoms with van der Waals surface area (Å²) in [6.07, 6.45) is 6.22. The number of nitrogens with two attached hydrogens (primary N) is 1. The smallest absolute Gasteiger partial charge is 0.870 e. The van der Waals surface area contributed by atoms with Crippen molar-refractivity contribution in [2.45, 2.75) is 28.7 Å². The molecule has 0 fully saturated rings. The average molecular weight is 1720 g/mol. The van der Waals surface area contributed by atoms with Gasteiger partial charge in [-0.1, -0.05) is 302 Å². The van der Waals surface area contributed by atoms with Gasteiger partial charge in [-0.25, -0.2) is 19.9 Å². The molecule has 0 aliphatic rings. The van der Waals surface area contributed by atoms with E-state index in [2.05, 4.69) is 208 Å². The predicted molar refractivity (Wildman–Crippen MR) is 481 cm³/mol. The van der Waals surface area contributed by atoms with E-state index in [1.807, 2.05) is 188 Å². The summed E-state index contributed by atoms with van der Waals surface area (Å²) >= 11 is 11.9. The minimum Gasteiger partial charge on any atom is -0.870 e. The van der Waals surface area contributed by atoms with E-state index in [9.17, 15) is 9.59 Å². The summed E-state index contributed by atoms with van der Waals surface area (Å²) < 4.78 is 7.70. The third-order valence-electron chi connectivity index (χ3n) is 17.4. The minimum atomic E-state index is 0. The Kier molecular flexibility index (Phi) is 40.3. The number of hydrogen-bond donors (Lipinski definition) is 2. The number of hydrogen-bond acceptors (Lipinski definition) is 13. The van der Waals surface area contributed by atoms with Crippen LogP contribution in [0.3, 0.4) is 0 Å². The molecule has 0 saturated heterocycles. The number of nitrogens with zero attached hydrogens (tertiary/aromatic N) is 9. The Morgan fingerprint density at radius 1 is 0.407 bits per heavy atom. The van der Waals surface area contributed by atoms with Crippen molar-refractivity contribution in [2.75, 3.05) is 13.7 Å². The van der Waals surface area contributed by atoms with E-state index in [1.165, 1.54) is 21.8 Å². The molecule has 0 aliphatic heterocycles. The number of carbonyl (C=O) groups excluding carboxylic acids is 2. The zero-order chi connectivity index (χ0) is 79.1. The van der Waals surface area contributed by atoms with Crippen molar-refractivity contribution in [2.24, 2.45) is 10.2 Å². The number of aldehydes is 1. The number of pyridine rings is 3. The summed E-state index contributed by atoms with van der Waals surface area (Å²) in [5, 5.41) is 18.3. The summed E-state index contributed by atoms with van der Waals surface area (Å²) in [5.74, 6) is 1.87. The van der Waals surface area contributed by atoms with E-state index in [0.29, 0.717) is 23.0 Å². The van der Waals surface area contributed by atoms with Gasteiger partial charge < -0.3 is 26.0 Å². The Hall–Kier alpha value is -11.2. The van der Waals surface area contributed by atoms with Gasteiger partial charge in [0.25, 0.3) is 0 Å². The molecular formula is C98H85Br2ClN10Na2O5. The van der Waals surface area contributed by atoms with Crippen molar-refractivity contribution < 1.29 is 84.4 Å². The first-order chi connectivity index (χ1) is 55.4. The molecule has 580 valence electrons. The molecule has 0 amide bonds. The number of amidine groups is 1. The van der Waals surface area contributed by atoms with Crippen LogP contribution < -0.4 is 70.0 Å². The van der Waals surface area contributed by atoms with Gasteiger partial charge in [0.2, 0.25) is 0 Å². The number of aliphatic hydroxyl groups excluding tert-OH is 1. The Balaban J connectivity index is 0.000000250. The quantitative estimate of drug-likeness (QED) is 0.0359. The molecule has 20 heteroatoms. The third kappa shape index (κ3) is 26.4. The van der Waals surface area contributed by atoms with Gasteiger partial charge in [-0.3, -0.25) is 24.5 Å². The molecule has 0 aliphatic carbocycles. The Bertz CT molecular complexity index is 5830. The number of aromatic nitrogens is 8. The number of rotatable bonds is 13. The van der Waals surface area contributed by atoms with Crippen LogP contribution in [0.25, 0.3) is 129 Å². The number of ketones is 1. The molecule has 0 bridgehead atoms. The monoisotopic (exact) mass is 1720 g/mol. The molecule has 0 unspecified atom stereocenters. The van der Waals surface area contributed by atoms with Crippen molar-refractivity contribution in [3.63, 3.8) is 0 Å². The molecule has 4 N–H and O–H groups in total. The first kappa shape index (κ1) is 95.6. The van der Waals surface area contributed by atoms with Crippen LogP contribution >= 0.6 is 43.6 Å². The summed E-state index contributed by atoms with van der Waals surface area (Å²) in [6, 6.07) is 117. The molecule has 0 atom stereocenters. The maximum absolute atomic E-state index is 10.7. The second-order valence-corrected chi connectivity index (χ2v) is 26.8. The van der Waals surface area contributed by atoms with Crippen LogP contribution in [0.1, 0.15) is 55.0 Å². The van der Waals surface area contributed by atoms with Crippen LogP contribution in [0.2, 0.25) is 0 Å². The molecule has 0 saturated carbocycles. The molecule has 6 heterocycles. The number of benzene rings is 11. The maximum Gasteiger partial charge on any atom is 1.00 e.